The van der Waals surface area contributed by atoms with E-state index in [-0.39, 0.29) is 24.1 Å². The van der Waals surface area contributed by atoms with E-state index in [1.807, 2.05) is 32.9 Å². The molecule has 1 heterocycles. The summed E-state index contributed by atoms with van der Waals surface area (Å²) in [4.78, 5) is 37.1. The second-order valence-corrected chi connectivity index (χ2v) is 7.10. The summed E-state index contributed by atoms with van der Waals surface area (Å²) >= 11 is 0. The van der Waals surface area contributed by atoms with Crippen LogP contribution in [0.2, 0.25) is 0 Å². The maximum absolute atomic E-state index is 12.0. The van der Waals surface area contributed by atoms with E-state index in [2.05, 4.69) is 10.6 Å². The van der Waals surface area contributed by atoms with Gasteiger partial charge in [0, 0.05) is 43.2 Å². The molecule has 0 saturated carbocycles. The minimum absolute atomic E-state index is 0.0724. The van der Waals surface area contributed by atoms with Crippen molar-refractivity contribution in [1.82, 2.24) is 5.32 Å². The average molecular weight is 331 g/mol. The Balaban J connectivity index is 1.89. The van der Waals surface area contributed by atoms with Crippen molar-refractivity contribution < 1.29 is 14.4 Å². The van der Waals surface area contributed by atoms with Crippen molar-refractivity contribution in [2.75, 3.05) is 23.8 Å². The molecule has 1 aliphatic rings. The average Bonchev–Trinajstić information content (AvgIpc) is 2.50. The number of carbonyl (C=O) groups is 3. The van der Waals surface area contributed by atoms with Crippen molar-refractivity contribution in [2.45, 2.75) is 40.0 Å². The van der Waals surface area contributed by atoms with Crippen LogP contribution in [-0.2, 0) is 20.8 Å². The Hall–Kier alpha value is -2.37. The molecule has 0 aliphatic carbocycles. The highest BCUT2D eigenvalue weighted by molar-refractivity contribution is 5.97. The van der Waals surface area contributed by atoms with E-state index in [9.17, 15) is 14.4 Å². The number of hydrogen-bond acceptors (Lipinski definition) is 3. The Bertz CT molecular complexity index is 662. The number of fused-ring (bicyclic) bond motifs is 1. The molecule has 6 nitrogen and oxygen atoms in total. The maximum atomic E-state index is 12.0. The molecule has 130 valence electrons. The Morgan fingerprint density at radius 1 is 1.21 bits per heavy atom. The molecule has 0 unspecified atom stereocenters. The smallest absolute Gasteiger partial charge is 0.227 e. The zero-order valence-electron chi connectivity index (χ0n) is 14.7. The van der Waals surface area contributed by atoms with Gasteiger partial charge in [-0.3, -0.25) is 14.4 Å². The van der Waals surface area contributed by atoms with Gasteiger partial charge in [-0.05, 0) is 30.2 Å². The lowest BCUT2D eigenvalue weighted by Crippen LogP contribution is -2.36. The Kier molecular flexibility index (Phi) is 5.26. The lowest BCUT2D eigenvalue weighted by Gasteiger charge is -2.26. The second kappa shape index (κ2) is 7.03. The van der Waals surface area contributed by atoms with E-state index in [0.717, 1.165) is 11.3 Å². The van der Waals surface area contributed by atoms with Gasteiger partial charge in [0.05, 0.1) is 0 Å². The van der Waals surface area contributed by atoms with Crippen LogP contribution in [0.15, 0.2) is 18.2 Å². The van der Waals surface area contributed by atoms with Crippen LogP contribution in [0.25, 0.3) is 0 Å². The number of rotatable bonds is 4. The minimum Gasteiger partial charge on any atom is -0.355 e. The molecule has 1 aliphatic heterocycles. The number of benzene rings is 1. The van der Waals surface area contributed by atoms with Gasteiger partial charge in [-0.1, -0.05) is 20.8 Å². The summed E-state index contributed by atoms with van der Waals surface area (Å²) in [6.07, 6.45) is 1.39. The molecule has 0 saturated heterocycles. The zero-order valence-corrected chi connectivity index (χ0v) is 14.7. The fraction of sp³-hybridized carbons (Fsp3) is 0.500. The van der Waals surface area contributed by atoms with Gasteiger partial charge >= 0.3 is 0 Å². The summed E-state index contributed by atoms with van der Waals surface area (Å²) in [6, 6.07) is 5.55. The molecule has 1 aromatic rings. The van der Waals surface area contributed by atoms with Crippen LogP contribution >= 0.6 is 0 Å². The third-order valence-corrected chi connectivity index (χ3v) is 4.03. The number of nitrogens with one attached hydrogen (secondary N) is 2. The molecule has 0 radical (unpaired) electrons. The SMILES string of the molecule is CN1C(=O)CCc2cc(NC(=O)CCNC(=O)C(C)(C)C)ccc21. The molecule has 3 amide bonds. The van der Waals surface area contributed by atoms with Gasteiger partial charge < -0.3 is 15.5 Å². The minimum atomic E-state index is -0.460. The first kappa shape index (κ1) is 18.0. The van der Waals surface area contributed by atoms with Crippen LogP contribution in [-0.4, -0.2) is 31.3 Å². The van der Waals surface area contributed by atoms with Crippen LogP contribution in [0.1, 0.15) is 39.2 Å². The Morgan fingerprint density at radius 3 is 2.58 bits per heavy atom. The van der Waals surface area contributed by atoms with Crippen molar-refractivity contribution in [1.29, 1.82) is 0 Å². The van der Waals surface area contributed by atoms with E-state index in [0.29, 0.717) is 25.1 Å². The van der Waals surface area contributed by atoms with Crippen LogP contribution in [0, 0.1) is 5.41 Å². The van der Waals surface area contributed by atoms with Crippen LogP contribution < -0.4 is 15.5 Å². The quantitative estimate of drug-likeness (QED) is 0.887. The van der Waals surface area contributed by atoms with Gasteiger partial charge in [-0.25, -0.2) is 0 Å². The predicted molar refractivity (Wildman–Crippen MR) is 93.9 cm³/mol. The summed E-state index contributed by atoms with van der Waals surface area (Å²) in [5.74, 6) is -0.116. The molecule has 0 fully saturated rings. The molecule has 0 atom stereocenters. The number of aryl methyl sites for hydroxylation is 1. The molecule has 0 spiro atoms. The molecule has 0 bridgehead atoms. The Morgan fingerprint density at radius 2 is 1.92 bits per heavy atom. The van der Waals surface area contributed by atoms with Crippen LogP contribution in [0.3, 0.4) is 0 Å². The number of nitrogens with zero attached hydrogens (tertiary/aromatic N) is 1. The lowest BCUT2D eigenvalue weighted by molar-refractivity contribution is -0.128. The monoisotopic (exact) mass is 331 g/mol. The lowest BCUT2D eigenvalue weighted by atomic mass is 9.96. The van der Waals surface area contributed by atoms with Crippen LogP contribution in [0.5, 0.6) is 0 Å². The van der Waals surface area contributed by atoms with Crippen molar-refractivity contribution in [2.24, 2.45) is 5.41 Å². The van der Waals surface area contributed by atoms with E-state index >= 15 is 0 Å². The highest BCUT2D eigenvalue weighted by atomic mass is 16.2. The normalized spacial score (nSPS) is 14.2. The topological polar surface area (TPSA) is 78.5 Å². The number of anilines is 2. The summed E-state index contributed by atoms with van der Waals surface area (Å²) in [7, 11) is 1.76. The summed E-state index contributed by atoms with van der Waals surface area (Å²) < 4.78 is 0. The summed E-state index contributed by atoms with van der Waals surface area (Å²) in [6.45, 7) is 5.80. The highest BCUT2D eigenvalue weighted by Gasteiger charge is 2.22. The van der Waals surface area contributed by atoms with Gasteiger partial charge in [-0.15, -0.1) is 0 Å². The molecule has 24 heavy (non-hydrogen) atoms. The third kappa shape index (κ3) is 4.34. The van der Waals surface area contributed by atoms with E-state index in [1.165, 1.54) is 0 Å². The predicted octanol–water partition coefficient (Wildman–Crippen LogP) is 2.09. The van der Waals surface area contributed by atoms with E-state index in [4.69, 9.17) is 0 Å². The fourth-order valence-corrected chi connectivity index (χ4v) is 2.51. The van der Waals surface area contributed by atoms with Crippen molar-refractivity contribution >= 4 is 29.1 Å². The standard InChI is InChI=1S/C18H25N3O3/c1-18(2,3)17(24)19-10-9-15(22)20-13-6-7-14-12(11-13)5-8-16(23)21(14)4/h6-7,11H,5,8-10H2,1-4H3,(H,19,24)(H,20,22). The number of amides is 3. The highest BCUT2D eigenvalue weighted by Crippen LogP contribution is 2.29. The largest absolute Gasteiger partial charge is 0.355 e. The molecule has 2 N–H and O–H groups in total. The number of carbonyl (C=O) groups excluding carboxylic acids is 3. The summed E-state index contributed by atoms with van der Waals surface area (Å²) in [5.41, 5.74) is 2.19. The van der Waals surface area contributed by atoms with Crippen molar-refractivity contribution in [3.8, 4) is 0 Å². The summed E-state index contributed by atoms with van der Waals surface area (Å²) in [5, 5.41) is 5.59. The van der Waals surface area contributed by atoms with Gasteiger partial charge in [0.25, 0.3) is 0 Å². The molecular weight excluding hydrogens is 306 g/mol. The first-order valence-corrected chi connectivity index (χ1v) is 8.16. The molecule has 1 aromatic carbocycles. The second-order valence-electron chi connectivity index (χ2n) is 7.10. The zero-order chi connectivity index (χ0) is 17.9. The molecular formula is C18H25N3O3. The molecule has 2 rings (SSSR count). The fourth-order valence-electron chi connectivity index (χ4n) is 2.51. The van der Waals surface area contributed by atoms with Gasteiger partial charge in [0.2, 0.25) is 17.7 Å². The maximum Gasteiger partial charge on any atom is 0.227 e. The number of hydrogen-bond donors (Lipinski definition) is 2. The van der Waals surface area contributed by atoms with Crippen molar-refractivity contribution in [3.63, 3.8) is 0 Å². The van der Waals surface area contributed by atoms with E-state index < -0.39 is 5.41 Å². The first-order valence-electron chi connectivity index (χ1n) is 8.16. The van der Waals surface area contributed by atoms with Gasteiger partial charge in [-0.2, -0.15) is 0 Å². The van der Waals surface area contributed by atoms with Gasteiger partial charge in [0.15, 0.2) is 0 Å². The third-order valence-electron chi connectivity index (χ3n) is 4.03. The molecule has 6 heteroatoms. The van der Waals surface area contributed by atoms with E-state index in [1.54, 1.807) is 18.0 Å². The molecule has 0 aromatic heterocycles. The first-order chi connectivity index (χ1) is 11.2. The Labute approximate surface area is 142 Å². The van der Waals surface area contributed by atoms with Gasteiger partial charge in [0.1, 0.15) is 0 Å². The van der Waals surface area contributed by atoms with Crippen LogP contribution in [0.4, 0.5) is 11.4 Å². The van der Waals surface area contributed by atoms with Crippen molar-refractivity contribution in [3.05, 3.63) is 23.8 Å².